The van der Waals surface area contributed by atoms with Crippen molar-refractivity contribution in [2.75, 3.05) is 11.9 Å². The maximum atomic E-state index is 11.9. The highest BCUT2D eigenvalue weighted by molar-refractivity contribution is 5.93. The SMILES string of the molecule is CC(OCCC1CC1)C(=O)Nc1ccc(CN)cc1. The van der Waals surface area contributed by atoms with Gasteiger partial charge in [-0.3, -0.25) is 4.79 Å². The van der Waals surface area contributed by atoms with Crippen molar-refractivity contribution < 1.29 is 9.53 Å². The molecule has 0 bridgehead atoms. The molecule has 1 atom stereocenters. The van der Waals surface area contributed by atoms with Gasteiger partial charge in [-0.2, -0.15) is 0 Å². The van der Waals surface area contributed by atoms with Gasteiger partial charge in [0.15, 0.2) is 0 Å². The summed E-state index contributed by atoms with van der Waals surface area (Å²) < 4.78 is 5.54. The van der Waals surface area contributed by atoms with Gasteiger partial charge >= 0.3 is 0 Å². The van der Waals surface area contributed by atoms with Crippen LogP contribution < -0.4 is 11.1 Å². The van der Waals surface area contributed by atoms with Crippen molar-refractivity contribution in [3.05, 3.63) is 29.8 Å². The Hall–Kier alpha value is -1.39. The summed E-state index contributed by atoms with van der Waals surface area (Å²) in [7, 11) is 0. The van der Waals surface area contributed by atoms with E-state index in [0.29, 0.717) is 13.2 Å². The molecular formula is C15H22N2O2. The minimum Gasteiger partial charge on any atom is -0.369 e. The van der Waals surface area contributed by atoms with E-state index in [1.807, 2.05) is 24.3 Å². The molecule has 1 aliphatic carbocycles. The van der Waals surface area contributed by atoms with Crippen molar-refractivity contribution >= 4 is 11.6 Å². The first-order valence-electron chi connectivity index (χ1n) is 6.90. The van der Waals surface area contributed by atoms with Crippen LogP contribution in [0, 0.1) is 5.92 Å². The van der Waals surface area contributed by atoms with Gasteiger partial charge in [0, 0.05) is 18.8 Å². The number of hydrogen-bond acceptors (Lipinski definition) is 3. The van der Waals surface area contributed by atoms with Crippen molar-refractivity contribution in [1.29, 1.82) is 0 Å². The van der Waals surface area contributed by atoms with Gasteiger partial charge in [0.1, 0.15) is 6.10 Å². The third-order valence-corrected chi connectivity index (χ3v) is 3.42. The molecule has 1 aliphatic rings. The lowest BCUT2D eigenvalue weighted by Crippen LogP contribution is -2.28. The van der Waals surface area contributed by atoms with Gasteiger partial charge < -0.3 is 15.8 Å². The van der Waals surface area contributed by atoms with E-state index in [0.717, 1.165) is 23.6 Å². The molecule has 0 aliphatic heterocycles. The number of anilines is 1. The van der Waals surface area contributed by atoms with E-state index in [9.17, 15) is 4.79 Å². The normalized spacial score (nSPS) is 16.1. The first kappa shape index (κ1) is 14.0. The molecule has 104 valence electrons. The van der Waals surface area contributed by atoms with Crippen molar-refractivity contribution in [2.24, 2.45) is 11.7 Å². The predicted octanol–water partition coefficient (Wildman–Crippen LogP) is 2.29. The first-order valence-corrected chi connectivity index (χ1v) is 6.90. The lowest BCUT2D eigenvalue weighted by atomic mass is 10.2. The molecule has 1 aromatic carbocycles. The molecular weight excluding hydrogens is 240 g/mol. The van der Waals surface area contributed by atoms with Gasteiger partial charge in [-0.1, -0.05) is 25.0 Å². The number of carbonyl (C=O) groups is 1. The van der Waals surface area contributed by atoms with Gasteiger partial charge in [-0.05, 0) is 37.0 Å². The fraction of sp³-hybridized carbons (Fsp3) is 0.533. The Morgan fingerprint density at radius 2 is 2.11 bits per heavy atom. The van der Waals surface area contributed by atoms with Crippen molar-refractivity contribution in [1.82, 2.24) is 0 Å². The summed E-state index contributed by atoms with van der Waals surface area (Å²) in [6.07, 6.45) is 3.30. The van der Waals surface area contributed by atoms with Crippen LogP contribution in [0.1, 0.15) is 31.7 Å². The van der Waals surface area contributed by atoms with E-state index in [2.05, 4.69) is 5.32 Å². The van der Waals surface area contributed by atoms with Gasteiger partial charge in [-0.15, -0.1) is 0 Å². The van der Waals surface area contributed by atoms with Gasteiger partial charge in [0.25, 0.3) is 5.91 Å². The number of rotatable bonds is 7. The number of benzene rings is 1. The first-order chi connectivity index (χ1) is 9.19. The molecule has 1 fully saturated rings. The van der Waals surface area contributed by atoms with Crippen molar-refractivity contribution in [3.8, 4) is 0 Å². The Bertz CT molecular complexity index is 413. The van der Waals surface area contributed by atoms with Crippen LogP contribution in [0.15, 0.2) is 24.3 Å². The van der Waals surface area contributed by atoms with Gasteiger partial charge in [0.05, 0.1) is 0 Å². The molecule has 0 aromatic heterocycles. The Morgan fingerprint density at radius 1 is 1.42 bits per heavy atom. The summed E-state index contributed by atoms with van der Waals surface area (Å²) in [5.74, 6) is 0.732. The molecule has 1 amide bonds. The van der Waals surface area contributed by atoms with Crippen LogP contribution in [-0.4, -0.2) is 18.6 Å². The van der Waals surface area contributed by atoms with Gasteiger partial charge in [-0.25, -0.2) is 0 Å². The van der Waals surface area contributed by atoms with E-state index < -0.39 is 6.10 Å². The fourth-order valence-electron chi connectivity index (χ4n) is 1.86. The molecule has 1 aromatic rings. The minimum absolute atomic E-state index is 0.101. The van der Waals surface area contributed by atoms with Crippen LogP contribution in [0.25, 0.3) is 0 Å². The lowest BCUT2D eigenvalue weighted by molar-refractivity contribution is -0.126. The zero-order valence-electron chi connectivity index (χ0n) is 11.4. The van der Waals surface area contributed by atoms with Crippen molar-refractivity contribution in [3.63, 3.8) is 0 Å². The monoisotopic (exact) mass is 262 g/mol. The van der Waals surface area contributed by atoms with E-state index in [-0.39, 0.29) is 5.91 Å². The number of nitrogens with two attached hydrogens (primary N) is 1. The molecule has 0 radical (unpaired) electrons. The second-order valence-corrected chi connectivity index (χ2v) is 5.14. The highest BCUT2D eigenvalue weighted by Crippen LogP contribution is 2.32. The molecule has 3 N–H and O–H groups in total. The molecule has 4 nitrogen and oxygen atoms in total. The molecule has 1 saturated carbocycles. The highest BCUT2D eigenvalue weighted by Gasteiger charge is 2.21. The van der Waals surface area contributed by atoms with Crippen LogP contribution in [0.4, 0.5) is 5.69 Å². The summed E-state index contributed by atoms with van der Waals surface area (Å²) in [6, 6.07) is 7.54. The summed E-state index contributed by atoms with van der Waals surface area (Å²) in [5.41, 5.74) is 7.35. The van der Waals surface area contributed by atoms with Crippen LogP contribution in [0.5, 0.6) is 0 Å². The van der Waals surface area contributed by atoms with E-state index >= 15 is 0 Å². The molecule has 0 spiro atoms. The number of ether oxygens (including phenoxy) is 1. The molecule has 19 heavy (non-hydrogen) atoms. The molecule has 0 saturated heterocycles. The van der Waals surface area contributed by atoms with Crippen LogP contribution >= 0.6 is 0 Å². The second kappa shape index (κ2) is 6.68. The molecule has 4 heteroatoms. The van der Waals surface area contributed by atoms with E-state index in [1.54, 1.807) is 6.92 Å². The van der Waals surface area contributed by atoms with Crippen molar-refractivity contribution in [2.45, 2.75) is 38.8 Å². The highest BCUT2D eigenvalue weighted by atomic mass is 16.5. The summed E-state index contributed by atoms with van der Waals surface area (Å²) in [4.78, 5) is 11.9. The minimum atomic E-state index is -0.409. The number of hydrogen-bond donors (Lipinski definition) is 2. The molecule has 1 unspecified atom stereocenters. The Labute approximate surface area is 114 Å². The summed E-state index contributed by atoms with van der Waals surface area (Å²) in [5, 5.41) is 2.84. The van der Waals surface area contributed by atoms with E-state index in [1.165, 1.54) is 12.8 Å². The Kier molecular flexibility index (Phi) is 4.93. The predicted molar refractivity (Wildman–Crippen MR) is 75.7 cm³/mol. The third kappa shape index (κ3) is 4.65. The number of amides is 1. The van der Waals surface area contributed by atoms with Gasteiger partial charge in [0.2, 0.25) is 0 Å². The molecule has 0 heterocycles. The number of carbonyl (C=O) groups excluding carboxylic acids is 1. The maximum Gasteiger partial charge on any atom is 0.253 e. The average Bonchev–Trinajstić information content (AvgIpc) is 3.23. The zero-order valence-corrected chi connectivity index (χ0v) is 11.4. The topological polar surface area (TPSA) is 64.3 Å². The quantitative estimate of drug-likeness (QED) is 0.792. The number of nitrogens with one attached hydrogen (secondary N) is 1. The maximum absolute atomic E-state index is 11.9. The van der Waals surface area contributed by atoms with Crippen LogP contribution in [0.2, 0.25) is 0 Å². The molecule has 2 rings (SSSR count). The Morgan fingerprint density at radius 3 is 2.68 bits per heavy atom. The summed E-state index contributed by atoms with van der Waals surface area (Å²) >= 11 is 0. The third-order valence-electron chi connectivity index (χ3n) is 3.42. The smallest absolute Gasteiger partial charge is 0.253 e. The Balaban J connectivity index is 1.74. The lowest BCUT2D eigenvalue weighted by Gasteiger charge is -2.13. The standard InChI is InChI=1S/C15H22N2O2/c1-11(19-9-8-12-2-3-12)15(18)17-14-6-4-13(10-16)5-7-14/h4-7,11-12H,2-3,8-10,16H2,1H3,(H,17,18). The zero-order chi connectivity index (χ0) is 13.7. The largest absolute Gasteiger partial charge is 0.369 e. The summed E-state index contributed by atoms with van der Waals surface area (Å²) in [6.45, 7) is 2.97. The fourth-order valence-corrected chi connectivity index (χ4v) is 1.86. The van der Waals surface area contributed by atoms with Crippen LogP contribution in [-0.2, 0) is 16.1 Å². The average molecular weight is 262 g/mol. The van der Waals surface area contributed by atoms with Crippen LogP contribution in [0.3, 0.4) is 0 Å². The second-order valence-electron chi connectivity index (χ2n) is 5.14. The van der Waals surface area contributed by atoms with E-state index in [4.69, 9.17) is 10.5 Å².